The van der Waals surface area contributed by atoms with Gasteiger partial charge in [0.1, 0.15) is 0 Å². The van der Waals surface area contributed by atoms with Gasteiger partial charge in [0.15, 0.2) is 5.13 Å². The SMILES string of the molecule is CNCC1CCCN1C(=O)c1cc(C)n(-c2nccs2)c1C.Cl.Cl. The van der Waals surface area contributed by atoms with Crippen LogP contribution in [-0.2, 0) is 0 Å². The van der Waals surface area contributed by atoms with E-state index in [1.807, 2.05) is 37.2 Å². The summed E-state index contributed by atoms with van der Waals surface area (Å²) >= 11 is 1.59. The molecule has 1 aliphatic heterocycles. The minimum Gasteiger partial charge on any atom is -0.334 e. The number of likely N-dealkylation sites (N-methyl/N-ethyl adjacent to an activating group) is 1. The molecule has 1 unspecified atom stereocenters. The van der Waals surface area contributed by atoms with Gasteiger partial charge in [0.25, 0.3) is 5.91 Å². The molecule has 3 rings (SSSR count). The molecule has 3 heterocycles. The molecule has 1 aliphatic rings. The van der Waals surface area contributed by atoms with Crippen LogP contribution >= 0.6 is 36.2 Å². The zero-order valence-corrected chi connectivity index (χ0v) is 16.6. The standard InChI is InChI=1S/C16H22N4OS.2ClH/c1-11-9-14(12(2)20(11)16-18-6-8-22-16)15(21)19-7-4-5-13(19)10-17-3;;/h6,8-9,13,17H,4-5,7,10H2,1-3H3;2*1H. The maximum atomic E-state index is 13.0. The molecule has 0 aliphatic carbocycles. The number of thiazole rings is 1. The molecule has 134 valence electrons. The summed E-state index contributed by atoms with van der Waals surface area (Å²) in [5.74, 6) is 0.147. The van der Waals surface area contributed by atoms with E-state index in [-0.39, 0.29) is 30.7 Å². The number of likely N-dealkylation sites (tertiary alicyclic amines) is 1. The van der Waals surface area contributed by atoms with E-state index < -0.39 is 0 Å². The average Bonchev–Trinajstić information content (AvgIpc) is 3.20. The van der Waals surface area contributed by atoms with Gasteiger partial charge >= 0.3 is 0 Å². The van der Waals surface area contributed by atoms with E-state index in [1.165, 1.54) is 0 Å². The summed E-state index contributed by atoms with van der Waals surface area (Å²) in [4.78, 5) is 19.3. The maximum Gasteiger partial charge on any atom is 0.255 e. The van der Waals surface area contributed by atoms with Gasteiger partial charge in [-0.05, 0) is 39.8 Å². The van der Waals surface area contributed by atoms with Gasteiger partial charge in [0.05, 0.1) is 5.56 Å². The lowest BCUT2D eigenvalue weighted by molar-refractivity contribution is 0.0736. The minimum atomic E-state index is 0. The summed E-state index contributed by atoms with van der Waals surface area (Å²) in [7, 11) is 1.94. The first-order valence-electron chi connectivity index (χ1n) is 7.68. The van der Waals surface area contributed by atoms with Crippen molar-refractivity contribution in [2.45, 2.75) is 32.7 Å². The van der Waals surface area contributed by atoms with Gasteiger partial charge in [-0.1, -0.05) is 0 Å². The molecule has 24 heavy (non-hydrogen) atoms. The molecule has 8 heteroatoms. The van der Waals surface area contributed by atoms with Gasteiger partial charge in [0.2, 0.25) is 0 Å². The van der Waals surface area contributed by atoms with Crippen molar-refractivity contribution < 1.29 is 4.79 Å². The number of carbonyl (C=O) groups excluding carboxylic acids is 1. The van der Waals surface area contributed by atoms with Crippen LogP contribution < -0.4 is 5.32 Å². The number of aryl methyl sites for hydroxylation is 1. The summed E-state index contributed by atoms with van der Waals surface area (Å²) in [5.41, 5.74) is 2.84. The first-order chi connectivity index (χ1) is 10.6. The first kappa shape index (κ1) is 21.0. The number of hydrogen-bond donors (Lipinski definition) is 1. The summed E-state index contributed by atoms with van der Waals surface area (Å²) in [6, 6.07) is 2.30. The zero-order valence-electron chi connectivity index (χ0n) is 14.1. The molecule has 1 amide bonds. The normalized spacial score (nSPS) is 16.6. The first-order valence-corrected chi connectivity index (χ1v) is 8.55. The molecule has 2 aromatic heterocycles. The smallest absolute Gasteiger partial charge is 0.255 e. The highest BCUT2D eigenvalue weighted by Crippen LogP contribution is 2.26. The molecule has 0 radical (unpaired) electrons. The number of amides is 1. The molecule has 0 spiro atoms. The highest BCUT2D eigenvalue weighted by atomic mass is 35.5. The second-order valence-electron chi connectivity index (χ2n) is 5.79. The molecule has 0 bridgehead atoms. The molecule has 1 atom stereocenters. The number of rotatable bonds is 4. The van der Waals surface area contributed by atoms with Gasteiger partial charge in [-0.15, -0.1) is 36.2 Å². The second-order valence-corrected chi connectivity index (χ2v) is 6.66. The lowest BCUT2D eigenvalue weighted by Crippen LogP contribution is -2.41. The van der Waals surface area contributed by atoms with E-state index in [1.54, 1.807) is 17.5 Å². The highest BCUT2D eigenvalue weighted by molar-refractivity contribution is 7.12. The fourth-order valence-electron chi connectivity index (χ4n) is 3.31. The topological polar surface area (TPSA) is 50.2 Å². The molecule has 1 saturated heterocycles. The Labute approximate surface area is 159 Å². The fourth-order valence-corrected chi connectivity index (χ4v) is 4.06. The van der Waals surface area contributed by atoms with Crippen LogP contribution in [0.15, 0.2) is 17.6 Å². The van der Waals surface area contributed by atoms with Crippen LogP contribution in [0.2, 0.25) is 0 Å². The van der Waals surface area contributed by atoms with Crippen LogP contribution in [0.3, 0.4) is 0 Å². The summed E-state index contributed by atoms with van der Waals surface area (Å²) in [6.07, 6.45) is 3.96. The summed E-state index contributed by atoms with van der Waals surface area (Å²) < 4.78 is 2.07. The van der Waals surface area contributed by atoms with Crippen LogP contribution in [0.4, 0.5) is 0 Å². The molecule has 0 aromatic carbocycles. The average molecular weight is 391 g/mol. The highest BCUT2D eigenvalue weighted by Gasteiger charge is 2.31. The minimum absolute atomic E-state index is 0. The third-order valence-electron chi connectivity index (χ3n) is 4.35. The largest absolute Gasteiger partial charge is 0.334 e. The Bertz CT molecular complexity index is 672. The van der Waals surface area contributed by atoms with Crippen molar-refractivity contribution in [2.24, 2.45) is 0 Å². The number of aromatic nitrogens is 2. The van der Waals surface area contributed by atoms with E-state index in [4.69, 9.17) is 0 Å². The molecule has 0 saturated carbocycles. The number of nitrogens with one attached hydrogen (secondary N) is 1. The molecule has 1 N–H and O–H groups in total. The Balaban J connectivity index is 0.00000144. The molecular formula is C16H24Cl2N4OS. The lowest BCUT2D eigenvalue weighted by Gasteiger charge is -2.24. The Hall–Kier alpha value is -1.08. The van der Waals surface area contributed by atoms with Gasteiger partial charge in [0, 0.05) is 42.1 Å². The fraction of sp³-hybridized carbons (Fsp3) is 0.500. The predicted molar refractivity (Wildman–Crippen MR) is 103 cm³/mol. The van der Waals surface area contributed by atoms with E-state index in [9.17, 15) is 4.79 Å². The van der Waals surface area contributed by atoms with E-state index in [0.29, 0.717) is 6.04 Å². The molecule has 2 aromatic rings. The van der Waals surface area contributed by atoms with Gasteiger partial charge in [-0.3, -0.25) is 9.36 Å². The number of carbonyl (C=O) groups is 1. The monoisotopic (exact) mass is 390 g/mol. The van der Waals surface area contributed by atoms with Crippen LogP contribution in [0.1, 0.15) is 34.6 Å². The van der Waals surface area contributed by atoms with Crippen LogP contribution in [0, 0.1) is 13.8 Å². The predicted octanol–water partition coefficient (Wildman–Crippen LogP) is 3.22. The van der Waals surface area contributed by atoms with Crippen molar-refractivity contribution in [1.29, 1.82) is 0 Å². The Morgan fingerprint density at radius 3 is 2.79 bits per heavy atom. The zero-order chi connectivity index (χ0) is 15.7. The van der Waals surface area contributed by atoms with Crippen LogP contribution in [-0.4, -0.2) is 46.5 Å². The van der Waals surface area contributed by atoms with E-state index in [2.05, 4.69) is 14.9 Å². The molecule has 5 nitrogen and oxygen atoms in total. The van der Waals surface area contributed by atoms with Crippen molar-refractivity contribution >= 4 is 42.1 Å². The van der Waals surface area contributed by atoms with Gasteiger partial charge in [-0.25, -0.2) is 4.98 Å². The van der Waals surface area contributed by atoms with Crippen LogP contribution in [0.5, 0.6) is 0 Å². The van der Waals surface area contributed by atoms with Crippen molar-refractivity contribution in [3.63, 3.8) is 0 Å². The Morgan fingerprint density at radius 1 is 1.42 bits per heavy atom. The van der Waals surface area contributed by atoms with Crippen molar-refractivity contribution in [2.75, 3.05) is 20.1 Å². The maximum absolute atomic E-state index is 13.0. The molecule has 1 fully saturated rings. The Morgan fingerprint density at radius 2 is 2.17 bits per heavy atom. The molecular weight excluding hydrogens is 367 g/mol. The van der Waals surface area contributed by atoms with Gasteiger partial charge in [-0.2, -0.15) is 0 Å². The quantitative estimate of drug-likeness (QED) is 0.871. The Kier molecular flexibility index (Phi) is 7.73. The van der Waals surface area contributed by atoms with Crippen molar-refractivity contribution in [3.05, 3.63) is 34.6 Å². The lowest BCUT2D eigenvalue weighted by atomic mass is 10.2. The summed E-state index contributed by atoms with van der Waals surface area (Å²) in [5, 5.41) is 6.07. The van der Waals surface area contributed by atoms with Crippen molar-refractivity contribution in [1.82, 2.24) is 19.8 Å². The van der Waals surface area contributed by atoms with Gasteiger partial charge < -0.3 is 10.2 Å². The van der Waals surface area contributed by atoms with Crippen LogP contribution in [0.25, 0.3) is 5.13 Å². The number of hydrogen-bond acceptors (Lipinski definition) is 4. The number of nitrogens with zero attached hydrogens (tertiary/aromatic N) is 3. The summed E-state index contributed by atoms with van der Waals surface area (Å²) in [6.45, 7) is 5.74. The van der Waals surface area contributed by atoms with E-state index >= 15 is 0 Å². The third kappa shape index (κ3) is 3.77. The number of halogens is 2. The van der Waals surface area contributed by atoms with Crippen molar-refractivity contribution in [3.8, 4) is 5.13 Å². The van der Waals surface area contributed by atoms with E-state index in [0.717, 1.165) is 48.0 Å². The second kappa shape index (κ2) is 8.85. The third-order valence-corrected chi connectivity index (χ3v) is 5.11.